The Balaban J connectivity index is 2.08. The molecule has 0 bridgehead atoms. The highest BCUT2D eigenvalue weighted by molar-refractivity contribution is 7.87. The van der Waals surface area contributed by atoms with Gasteiger partial charge in [0, 0.05) is 6.42 Å². The SMILES string of the molecule is COC(=O)C(Cc1ccc(OS(=O)(=O)c2ccccc2)cc1)NC(=O)OC(C)(C)C. The quantitative estimate of drug-likeness (QED) is 0.526. The van der Waals surface area contributed by atoms with Gasteiger partial charge in [-0.05, 0) is 50.6 Å². The van der Waals surface area contributed by atoms with Gasteiger partial charge in [-0.2, -0.15) is 8.42 Å². The van der Waals surface area contributed by atoms with Gasteiger partial charge in [0.15, 0.2) is 0 Å². The molecule has 1 unspecified atom stereocenters. The van der Waals surface area contributed by atoms with Gasteiger partial charge in [0.25, 0.3) is 0 Å². The maximum absolute atomic E-state index is 12.3. The molecule has 162 valence electrons. The highest BCUT2D eigenvalue weighted by Crippen LogP contribution is 2.20. The van der Waals surface area contributed by atoms with Gasteiger partial charge in [-0.25, -0.2) is 9.59 Å². The summed E-state index contributed by atoms with van der Waals surface area (Å²) in [6, 6.07) is 13.0. The van der Waals surface area contributed by atoms with Gasteiger partial charge in [0.05, 0.1) is 7.11 Å². The first kappa shape index (κ1) is 23.2. The number of hydrogen-bond donors (Lipinski definition) is 1. The van der Waals surface area contributed by atoms with Crippen LogP contribution in [-0.4, -0.2) is 39.2 Å². The van der Waals surface area contributed by atoms with E-state index in [2.05, 4.69) is 5.32 Å². The van der Waals surface area contributed by atoms with Crippen molar-refractivity contribution in [3.63, 3.8) is 0 Å². The monoisotopic (exact) mass is 435 g/mol. The van der Waals surface area contributed by atoms with Crippen molar-refractivity contribution in [3.05, 3.63) is 60.2 Å². The fraction of sp³-hybridized carbons (Fsp3) is 0.333. The smallest absolute Gasteiger partial charge is 0.408 e. The van der Waals surface area contributed by atoms with Crippen LogP contribution in [0.25, 0.3) is 0 Å². The van der Waals surface area contributed by atoms with E-state index in [4.69, 9.17) is 13.7 Å². The molecule has 0 spiro atoms. The van der Waals surface area contributed by atoms with Gasteiger partial charge < -0.3 is 19.0 Å². The van der Waals surface area contributed by atoms with Crippen molar-refractivity contribution in [1.29, 1.82) is 0 Å². The second-order valence-corrected chi connectivity index (χ2v) is 8.97. The van der Waals surface area contributed by atoms with Crippen LogP contribution in [0.1, 0.15) is 26.3 Å². The van der Waals surface area contributed by atoms with Crippen molar-refractivity contribution >= 4 is 22.2 Å². The number of esters is 1. The molecule has 0 saturated heterocycles. The van der Waals surface area contributed by atoms with Crippen LogP contribution in [0.15, 0.2) is 59.5 Å². The van der Waals surface area contributed by atoms with E-state index in [0.29, 0.717) is 5.56 Å². The number of carbonyl (C=O) groups is 2. The topological polar surface area (TPSA) is 108 Å². The minimum absolute atomic E-state index is 0.0430. The Morgan fingerprint density at radius 1 is 1.00 bits per heavy atom. The molecule has 0 fully saturated rings. The zero-order valence-electron chi connectivity index (χ0n) is 17.2. The molecule has 1 N–H and O–H groups in total. The van der Waals surface area contributed by atoms with Gasteiger partial charge in [0.2, 0.25) is 0 Å². The molecule has 0 heterocycles. The van der Waals surface area contributed by atoms with Crippen LogP contribution in [0, 0.1) is 0 Å². The van der Waals surface area contributed by atoms with Crippen LogP contribution in [0.3, 0.4) is 0 Å². The van der Waals surface area contributed by atoms with Crippen LogP contribution < -0.4 is 9.50 Å². The molecule has 0 radical (unpaired) electrons. The summed E-state index contributed by atoms with van der Waals surface area (Å²) in [4.78, 5) is 24.1. The lowest BCUT2D eigenvalue weighted by molar-refractivity contribution is -0.143. The lowest BCUT2D eigenvalue weighted by Gasteiger charge is -2.22. The second kappa shape index (κ2) is 9.62. The predicted molar refractivity (Wildman–Crippen MR) is 110 cm³/mol. The zero-order chi connectivity index (χ0) is 22.4. The van der Waals surface area contributed by atoms with E-state index in [9.17, 15) is 18.0 Å². The summed E-state index contributed by atoms with van der Waals surface area (Å²) >= 11 is 0. The summed E-state index contributed by atoms with van der Waals surface area (Å²) in [7, 11) is -2.73. The van der Waals surface area contributed by atoms with E-state index in [1.54, 1.807) is 51.1 Å². The molecule has 2 rings (SSSR count). The molecule has 1 amide bonds. The molecule has 0 aliphatic heterocycles. The third-order valence-electron chi connectivity index (χ3n) is 3.78. The normalized spacial score (nSPS) is 12.5. The molecular weight excluding hydrogens is 410 g/mol. The number of nitrogens with one attached hydrogen (secondary N) is 1. The summed E-state index contributed by atoms with van der Waals surface area (Å²) in [5.41, 5.74) is -0.0560. The van der Waals surface area contributed by atoms with E-state index in [-0.39, 0.29) is 17.1 Å². The Morgan fingerprint density at radius 2 is 1.60 bits per heavy atom. The van der Waals surface area contributed by atoms with E-state index in [1.165, 1.54) is 31.4 Å². The van der Waals surface area contributed by atoms with Gasteiger partial charge in [-0.3, -0.25) is 0 Å². The molecule has 8 nitrogen and oxygen atoms in total. The van der Waals surface area contributed by atoms with Crippen LogP contribution in [0.5, 0.6) is 5.75 Å². The maximum atomic E-state index is 12.3. The molecule has 30 heavy (non-hydrogen) atoms. The summed E-state index contributed by atoms with van der Waals surface area (Å²) < 4.78 is 39.6. The number of ether oxygens (including phenoxy) is 2. The number of benzene rings is 2. The van der Waals surface area contributed by atoms with Crippen molar-refractivity contribution in [2.45, 2.75) is 43.7 Å². The first-order valence-corrected chi connectivity index (χ1v) is 10.6. The zero-order valence-corrected chi connectivity index (χ0v) is 18.1. The first-order chi connectivity index (χ1) is 14.0. The number of hydrogen-bond acceptors (Lipinski definition) is 7. The highest BCUT2D eigenvalue weighted by Gasteiger charge is 2.25. The van der Waals surface area contributed by atoms with Crippen LogP contribution >= 0.6 is 0 Å². The fourth-order valence-corrected chi connectivity index (χ4v) is 3.42. The molecular formula is C21H25NO7S. The van der Waals surface area contributed by atoms with E-state index in [0.717, 1.165) is 0 Å². The van der Waals surface area contributed by atoms with Crippen LogP contribution in [-0.2, 0) is 30.8 Å². The molecule has 0 aliphatic rings. The molecule has 0 aromatic heterocycles. The maximum Gasteiger partial charge on any atom is 0.408 e. The average Bonchev–Trinajstić information content (AvgIpc) is 2.67. The van der Waals surface area contributed by atoms with Crippen molar-refractivity contribution in [2.24, 2.45) is 0 Å². The Kier molecular flexibility index (Phi) is 7.44. The number of amides is 1. The van der Waals surface area contributed by atoms with Gasteiger partial charge in [-0.15, -0.1) is 0 Å². The second-order valence-electron chi connectivity index (χ2n) is 7.42. The number of alkyl carbamates (subject to hydrolysis) is 1. The summed E-state index contributed by atoms with van der Waals surface area (Å²) in [6.07, 6.45) is -0.621. The van der Waals surface area contributed by atoms with Crippen LogP contribution in [0.2, 0.25) is 0 Å². The molecule has 9 heteroatoms. The van der Waals surface area contributed by atoms with Crippen molar-refractivity contribution in [1.82, 2.24) is 5.32 Å². The van der Waals surface area contributed by atoms with Crippen molar-refractivity contribution in [2.75, 3.05) is 7.11 Å². The summed E-state index contributed by atoms with van der Waals surface area (Å²) in [5.74, 6) is -0.509. The van der Waals surface area contributed by atoms with E-state index < -0.39 is 33.8 Å². The highest BCUT2D eigenvalue weighted by atomic mass is 32.2. The Bertz CT molecular complexity index is 965. The minimum atomic E-state index is -3.95. The molecule has 2 aromatic rings. The van der Waals surface area contributed by atoms with Crippen molar-refractivity contribution in [3.8, 4) is 5.75 Å². The van der Waals surface area contributed by atoms with Gasteiger partial charge in [0.1, 0.15) is 22.3 Å². The van der Waals surface area contributed by atoms with E-state index in [1.807, 2.05) is 0 Å². The predicted octanol–water partition coefficient (Wildman–Crippen LogP) is 3.06. The largest absolute Gasteiger partial charge is 0.467 e. The van der Waals surface area contributed by atoms with Gasteiger partial charge >= 0.3 is 22.2 Å². The Hall–Kier alpha value is -3.07. The number of methoxy groups -OCH3 is 1. The number of rotatable bonds is 7. The lowest BCUT2D eigenvalue weighted by atomic mass is 10.1. The average molecular weight is 435 g/mol. The summed E-state index contributed by atoms with van der Waals surface area (Å²) in [5, 5.41) is 2.48. The fourth-order valence-electron chi connectivity index (χ4n) is 2.46. The Labute approximate surface area is 176 Å². The minimum Gasteiger partial charge on any atom is -0.467 e. The Morgan fingerprint density at radius 3 is 2.13 bits per heavy atom. The summed E-state index contributed by atoms with van der Waals surface area (Å²) in [6.45, 7) is 5.13. The van der Waals surface area contributed by atoms with Crippen molar-refractivity contribution < 1.29 is 31.7 Å². The third kappa shape index (κ3) is 7.07. The third-order valence-corrected chi connectivity index (χ3v) is 5.04. The standard InChI is InChI=1S/C21H25NO7S/c1-21(2,3)28-20(24)22-18(19(23)27-4)14-15-10-12-16(13-11-15)29-30(25,26)17-8-6-5-7-9-17/h5-13,18H,14H2,1-4H3,(H,22,24). The molecule has 0 aliphatic carbocycles. The van der Waals surface area contributed by atoms with E-state index >= 15 is 0 Å². The lowest BCUT2D eigenvalue weighted by Crippen LogP contribution is -2.45. The molecule has 0 saturated carbocycles. The molecule has 1 atom stereocenters. The van der Waals surface area contributed by atoms with Crippen LogP contribution in [0.4, 0.5) is 4.79 Å². The molecule has 2 aromatic carbocycles. The van der Waals surface area contributed by atoms with Gasteiger partial charge in [-0.1, -0.05) is 30.3 Å². The number of carbonyl (C=O) groups excluding carboxylic acids is 2. The first-order valence-electron chi connectivity index (χ1n) is 9.16.